The van der Waals surface area contributed by atoms with E-state index in [-0.39, 0.29) is 22.5 Å². The largest absolute Gasteiger partial charge is 0.507 e. The van der Waals surface area contributed by atoms with Crippen LogP contribution in [0.2, 0.25) is 0 Å². The Bertz CT molecular complexity index is 904. The number of hydrogen-bond donors (Lipinski definition) is 1. The molecule has 1 aromatic carbocycles. The van der Waals surface area contributed by atoms with Crippen LogP contribution in [0.15, 0.2) is 54.0 Å². The lowest BCUT2D eigenvalue weighted by Gasteiger charge is -2.15. The van der Waals surface area contributed by atoms with Crippen molar-refractivity contribution in [2.45, 2.75) is 33.7 Å². The highest BCUT2D eigenvalue weighted by Crippen LogP contribution is 2.27. The van der Waals surface area contributed by atoms with Gasteiger partial charge in [0.15, 0.2) is 11.2 Å². The molecule has 0 radical (unpaired) electrons. The number of ketones is 1. The van der Waals surface area contributed by atoms with Gasteiger partial charge in [-0.2, -0.15) is 0 Å². The molecule has 0 saturated heterocycles. The van der Waals surface area contributed by atoms with Crippen LogP contribution >= 0.6 is 0 Å². The van der Waals surface area contributed by atoms with E-state index >= 15 is 0 Å². The number of allylic oxidation sites excluding steroid dienone is 3. The number of phenols is 1. The zero-order chi connectivity index (χ0) is 18.6. The van der Waals surface area contributed by atoms with Gasteiger partial charge in [-0.3, -0.25) is 9.59 Å². The monoisotopic (exact) mass is 337 g/mol. The molecule has 130 valence electrons. The van der Waals surface area contributed by atoms with E-state index in [0.29, 0.717) is 17.7 Å². The molecule has 2 rings (SSSR count). The summed E-state index contributed by atoms with van der Waals surface area (Å²) in [4.78, 5) is 23.9. The van der Waals surface area contributed by atoms with Gasteiger partial charge in [0, 0.05) is 30.1 Å². The number of aromatic hydroxyl groups is 1. The van der Waals surface area contributed by atoms with Crippen molar-refractivity contribution in [3.63, 3.8) is 0 Å². The Morgan fingerprint density at radius 3 is 2.52 bits per heavy atom. The fraction of sp³-hybridized carbons (Fsp3) is 0.238. The molecule has 0 aliphatic heterocycles. The molecule has 0 unspecified atom stereocenters. The lowest BCUT2D eigenvalue weighted by atomic mass is 10.0. The molecule has 0 fully saturated rings. The van der Waals surface area contributed by atoms with Gasteiger partial charge >= 0.3 is 0 Å². The summed E-state index contributed by atoms with van der Waals surface area (Å²) in [6.45, 7) is 10.0. The molecule has 0 aliphatic carbocycles. The van der Waals surface area contributed by atoms with Gasteiger partial charge in [-0.15, -0.1) is 0 Å². The minimum Gasteiger partial charge on any atom is -0.507 e. The number of aromatic nitrogens is 1. The zero-order valence-electron chi connectivity index (χ0n) is 14.9. The summed E-state index contributed by atoms with van der Waals surface area (Å²) in [7, 11) is 0. The van der Waals surface area contributed by atoms with E-state index in [2.05, 4.69) is 6.58 Å². The molecule has 0 atom stereocenters. The Kier molecular flexibility index (Phi) is 5.75. The molecule has 2 aromatic rings. The van der Waals surface area contributed by atoms with E-state index in [9.17, 15) is 14.7 Å². The van der Waals surface area contributed by atoms with E-state index in [1.807, 2.05) is 30.6 Å². The molecule has 1 N–H and O–H groups in total. The smallest absolute Gasteiger partial charge is 0.192 e. The van der Waals surface area contributed by atoms with Gasteiger partial charge in [-0.1, -0.05) is 31.7 Å². The van der Waals surface area contributed by atoms with E-state index < -0.39 is 0 Å². The van der Waals surface area contributed by atoms with Crippen molar-refractivity contribution in [1.82, 2.24) is 4.57 Å². The summed E-state index contributed by atoms with van der Waals surface area (Å²) in [5.74, 6) is -0.0731. The van der Waals surface area contributed by atoms with Gasteiger partial charge < -0.3 is 9.67 Å². The van der Waals surface area contributed by atoms with Crippen LogP contribution in [-0.2, 0) is 6.54 Å². The molecular weight excluding hydrogens is 314 g/mol. The number of nitrogens with zero attached hydrogens (tertiary/aromatic N) is 1. The molecule has 1 heterocycles. The summed E-state index contributed by atoms with van der Waals surface area (Å²) in [6.07, 6.45) is 4.34. The van der Waals surface area contributed by atoms with Crippen LogP contribution in [0.25, 0.3) is 11.1 Å². The molecule has 0 bridgehead atoms. The minimum absolute atomic E-state index is 0.162. The number of carbonyl (C=O) groups excluding carboxylic acids is 1. The van der Waals surface area contributed by atoms with E-state index in [4.69, 9.17) is 0 Å². The number of para-hydroxylation sites is 1. The SMILES string of the molecule is C=C(/C=C(\C)c1cc(=O)c(C(C)=O)cn1CCC)c1ccccc1O. The molecule has 25 heavy (non-hydrogen) atoms. The average molecular weight is 337 g/mol. The third kappa shape index (κ3) is 4.15. The molecular formula is C21H23NO3. The number of benzene rings is 1. The molecule has 0 saturated carbocycles. The summed E-state index contributed by atoms with van der Waals surface area (Å²) < 4.78 is 1.92. The van der Waals surface area contributed by atoms with Crippen molar-refractivity contribution >= 4 is 16.9 Å². The first-order valence-electron chi connectivity index (χ1n) is 8.26. The number of phenolic OH excluding ortho intramolecular Hbond substituents is 1. The van der Waals surface area contributed by atoms with Crippen molar-refractivity contribution in [3.05, 3.63) is 76.2 Å². The second-order valence-electron chi connectivity index (χ2n) is 6.06. The standard InChI is InChI=1S/C21H23NO3/c1-5-10-22-13-18(16(4)23)21(25)12-19(22)15(3)11-14(2)17-8-6-7-9-20(17)24/h6-9,11-13,24H,2,5,10H2,1,3-4H3/b15-11+. The van der Waals surface area contributed by atoms with Crippen LogP contribution < -0.4 is 5.43 Å². The molecule has 4 heteroatoms. The molecule has 0 amide bonds. The first-order valence-corrected chi connectivity index (χ1v) is 8.26. The summed E-state index contributed by atoms with van der Waals surface area (Å²) in [6, 6.07) is 8.48. The topological polar surface area (TPSA) is 59.3 Å². The Morgan fingerprint density at radius 1 is 1.24 bits per heavy atom. The second kappa shape index (κ2) is 7.79. The van der Waals surface area contributed by atoms with Gasteiger partial charge in [-0.05, 0) is 43.6 Å². The predicted octanol–water partition coefficient (Wildman–Crippen LogP) is 4.28. The number of hydrogen-bond acceptors (Lipinski definition) is 3. The van der Waals surface area contributed by atoms with Crippen molar-refractivity contribution < 1.29 is 9.90 Å². The third-order valence-corrected chi connectivity index (χ3v) is 4.02. The predicted molar refractivity (Wildman–Crippen MR) is 102 cm³/mol. The molecule has 4 nitrogen and oxygen atoms in total. The maximum Gasteiger partial charge on any atom is 0.192 e. The fourth-order valence-corrected chi connectivity index (χ4v) is 2.76. The number of Topliss-reactive ketones (excluding diaryl/α,β-unsaturated/α-hetero) is 1. The lowest BCUT2D eigenvalue weighted by molar-refractivity contribution is 0.101. The number of aryl methyl sites for hydroxylation is 1. The van der Waals surface area contributed by atoms with E-state index in [1.165, 1.54) is 13.0 Å². The van der Waals surface area contributed by atoms with Crippen LogP contribution in [0.1, 0.15) is 48.8 Å². The molecule has 0 spiro atoms. The highest BCUT2D eigenvalue weighted by molar-refractivity contribution is 5.94. The maximum atomic E-state index is 12.2. The van der Waals surface area contributed by atoms with Crippen molar-refractivity contribution in [2.75, 3.05) is 0 Å². The van der Waals surface area contributed by atoms with Crippen LogP contribution in [0, 0.1) is 0 Å². The van der Waals surface area contributed by atoms with Crippen LogP contribution in [-0.4, -0.2) is 15.5 Å². The van der Waals surface area contributed by atoms with Gasteiger partial charge in [0.1, 0.15) is 5.75 Å². The number of pyridine rings is 1. The fourth-order valence-electron chi connectivity index (χ4n) is 2.76. The van der Waals surface area contributed by atoms with Crippen LogP contribution in [0.5, 0.6) is 5.75 Å². The first-order chi connectivity index (χ1) is 11.8. The zero-order valence-corrected chi connectivity index (χ0v) is 14.9. The van der Waals surface area contributed by atoms with Gasteiger partial charge in [0.25, 0.3) is 0 Å². The van der Waals surface area contributed by atoms with Gasteiger partial charge in [0.2, 0.25) is 0 Å². The highest BCUT2D eigenvalue weighted by atomic mass is 16.3. The van der Waals surface area contributed by atoms with Crippen molar-refractivity contribution in [2.24, 2.45) is 0 Å². The Hall–Kier alpha value is -2.88. The normalized spacial score (nSPS) is 11.4. The van der Waals surface area contributed by atoms with Crippen molar-refractivity contribution in [1.29, 1.82) is 0 Å². The molecule has 0 aliphatic rings. The van der Waals surface area contributed by atoms with Crippen LogP contribution in [0.3, 0.4) is 0 Å². The lowest BCUT2D eigenvalue weighted by Crippen LogP contribution is -2.18. The second-order valence-corrected chi connectivity index (χ2v) is 6.06. The molecule has 1 aromatic heterocycles. The quantitative estimate of drug-likeness (QED) is 0.632. The Labute approximate surface area is 147 Å². The highest BCUT2D eigenvalue weighted by Gasteiger charge is 2.12. The van der Waals surface area contributed by atoms with Crippen LogP contribution in [0.4, 0.5) is 0 Å². The number of carbonyl (C=O) groups is 1. The third-order valence-electron chi connectivity index (χ3n) is 4.02. The Morgan fingerprint density at radius 2 is 1.92 bits per heavy atom. The Balaban J connectivity index is 2.51. The van der Waals surface area contributed by atoms with E-state index in [1.54, 1.807) is 24.4 Å². The van der Waals surface area contributed by atoms with Crippen molar-refractivity contribution in [3.8, 4) is 5.75 Å². The maximum absolute atomic E-state index is 12.2. The first kappa shape index (κ1) is 18.5. The van der Waals surface area contributed by atoms with Gasteiger partial charge in [0.05, 0.1) is 5.56 Å². The van der Waals surface area contributed by atoms with E-state index in [0.717, 1.165) is 17.7 Å². The average Bonchev–Trinajstić information content (AvgIpc) is 2.56. The summed E-state index contributed by atoms with van der Waals surface area (Å²) in [5, 5.41) is 9.96. The minimum atomic E-state index is -0.282. The summed E-state index contributed by atoms with van der Waals surface area (Å²) >= 11 is 0. The summed E-state index contributed by atoms with van der Waals surface area (Å²) in [5.41, 5.74) is 2.80. The van der Waals surface area contributed by atoms with Gasteiger partial charge in [-0.25, -0.2) is 0 Å². The number of rotatable bonds is 6.